The van der Waals surface area contributed by atoms with Crippen LogP contribution >= 0.6 is 22.9 Å². The molecule has 7 heteroatoms. The number of benzene rings is 1. The van der Waals surface area contributed by atoms with Gasteiger partial charge in [-0.15, -0.1) is 11.3 Å². The molecule has 1 aliphatic heterocycles. The lowest BCUT2D eigenvalue weighted by Gasteiger charge is -2.17. The lowest BCUT2D eigenvalue weighted by Crippen LogP contribution is -2.24. The highest BCUT2D eigenvalue weighted by molar-refractivity contribution is 7.15. The van der Waals surface area contributed by atoms with Crippen LogP contribution < -0.4 is 4.90 Å². The number of hydrogen-bond acceptors (Lipinski definition) is 5. The van der Waals surface area contributed by atoms with Crippen molar-refractivity contribution in [1.82, 2.24) is 10.1 Å². The van der Waals surface area contributed by atoms with Gasteiger partial charge in [-0.25, -0.2) is 0 Å². The summed E-state index contributed by atoms with van der Waals surface area (Å²) in [6, 6.07) is 9.58. The zero-order chi connectivity index (χ0) is 18.4. The standard InChI is InChI=1S/C20H18ClN3O2S/c21-14-6-2-3-7-15(14)24-11-13(10-18(24)25)19-22-20(26-23-19)17-9-12-5-1-4-8-16(12)27-17/h2-3,6-7,9,13H,1,4-5,8,10-11H2. The van der Waals surface area contributed by atoms with E-state index in [1.165, 1.54) is 23.3 Å². The van der Waals surface area contributed by atoms with E-state index < -0.39 is 0 Å². The minimum Gasteiger partial charge on any atom is -0.333 e. The van der Waals surface area contributed by atoms with Gasteiger partial charge < -0.3 is 9.42 Å². The van der Waals surface area contributed by atoms with Gasteiger partial charge in [0.15, 0.2) is 5.82 Å². The number of halogens is 1. The first-order chi connectivity index (χ1) is 13.2. The van der Waals surface area contributed by atoms with Crippen molar-refractivity contribution in [3.63, 3.8) is 0 Å². The van der Waals surface area contributed by atoms with Gasteiger partial charge in [0, 0.05) is 23.8 Å². The molecule has 1 unspecified atom stereocenters. The van der Waals surface area contributed by atoms with Crippen molar-refractivity contribution in [2.45, 2.75) is 38.0 Å². The Bertz CT molecular complexity index is 989. The number of fused-ring (bicyclic) bond motifs is 1. The number of para-hydroxylation sites is 1. The lowest BCUT2D eigenvalue weighted by molar-refractivity contribution is -0.117. The first kappa shape index (κ1) is 17.0. The molecule has 1 fully saturated rings. The Morgan fingerprint density at radius 1 is 1.22 bits per heavy atom. The third-order valence-electron chi connectivity index (χ3n) is 5.28. The quantitative estimate of drug-likeness (QED) is 0.631. The van der Waals surface area contributed by atoms with Crippen LogP contribution in [0, 0.1) is 0 Å². The summed E-state index contributed by atoms with van der Waals surface area (Å²) in [5.41, 5.74) is 2.16. The molecule has 0 saturated carbocycles. The van der Waals surface area contributed by atoms with E-state index in [4.69, 9.17) is 16.1 Å². The fourth-order valence-corrected chi connectivity index (χ4v) is 5.29. The van der Waals surface area contributed by atoms with Gasteiger partial charge in [-0.3, -0.25) is 4.79 Å². The van der Waals surface area contributed by atoms with E-state index in [9.17, 15) is 4.79 Å². The smallest absolute Gasteiger partial charge is 0.268 e. The second-order valence-electron chi connectivity index (χ2n) is 7.08. The molecule has 1 aromatic carbocycles. The summed E-state index contributed by atoms with van der Waals surface area (Å²) in [5, 5.41) is 4.75. The molecule has 0 N–H and O–H groups in total. The Kier molecular flexibility index (Phi) is 4.25. The summed E-state index contributed by atoms with van der Waals surface area (Å²) in [5.74, 6) is 1.11. The normalized spacial score (nSPS) is 19.5. The molecule has 1 amide bonds. The molecule has 2 aromatic heterocycles. The number of anilines is 1. The minimum atomic E-state index is -0.0825. The summed E-state index contributed by atoms with van der Waals surface area (Å²) < 4.78 is 5.53. The van der Waals surface area contributed by atoms with Crippen molar-refractivity contribution >= 4 is 34.5 Å². The Balaban J connectivity index is 1.38. The fraction of sp³-hybridized carbons (Fsp3) is 0.350. The Labute approximate surface area is 166 Å². The zero-order valence-electron chi connectivity index (χ0n) is 14.7. The van der Waals surface area contributed by atoms with Crippen molar-refractivity contribution in [2.75, 3.05) is 11.4 Å². The Morgan fingerprint density at radius 3 is 2.93 bits per heavy atom. The van der Waals surface area contributed by atoms with Crippen LogP contribution in [0.2, 0.25) is 5.02 Å². The Morgan fingerprint density at radius 2 is 2.07 bits per heavy atom. The van der Waals surface area contributed by atoms with E-state index in [0.29, 0.717) is 29.7 Å². The number of thiophene rings is 1. The fourth-order valence-electron chi connectivity index (χ4n) is 3.88. The summed E-state index contributed by atoms with van der Waals surface area (Å²) in [7, 11) is 0. The molecule has 2 aliphatic rings. The molecule has 1 atom stereocenters. The summed E-state index contributed by atoms with van der Waals surface area (Å²) in [6.07, 6.45) is 5.15. The van der Waals surface area contributed by atoms with Crippen LogP contribution in [-0.2, 0) is 17.6 Å². The SMILES string of the molecule is O=C1CC(c2noc(-c3cc4c(s3)CCCC4)n2)CN1c1ccccc1Cl. The second kappa shape index (κ2) is 6.77. The van der Waals surface area contributed by atoms with Crippen molar-refractivity contribution in [3.05, 3.63) is 51.6 Å². The number of carbonyl (C=O) groups excluding carboxylic acids is 1. The lowest BCUT2D eigenvalue weighted by atomic mass is 9.99. The molecule has 0 radical (unpaired) electrons. The largest absolute Gasteiger partial charge is 0.333 e. The van der Waals surface area contributed by atoms with Crippen LogP contribution in [0.3, 0.4) is 0 Å². The molecular formula is C20H18ClN3O2S. The van der Waals surface area contributed by atoms with Crippen molar-refractivity contribution in [3.8, 4) is 10.8 Å². The number of amides is 1. The highest BCUT2D eigenvalue weighted by Crippen LogP contribution is 2.37. The molecule has 27 heavy (non-hydrogen) atoms. The van der Waals surface area contributed by atoms with Crippen molar-refractivity contribution in [1.29, 1.82) is 0 Å². The third-order valence-corrected chi connectivity index (χ3v) is 6.83. The van der Waals surface area contributed by atoms with Gasteiger partial charge in [0.2, 0.25) is 5.91 Å². The predicted molar refractivity (Wildman–Crippen MR) is 105 cm³/mol. The van der Waals surface area contributed by atoms with Crippen LogP contribution in [0.25, 0.3) is 10.8 Å². The molecule has 1 saturated heterocycles. The molecule has 138 valence electrons. The van der Waals surface area contributed by atoms with Crippen molar-refractivity contribution < 1.29 is 9.32 Å². The number of hydrogen-bond donors (Lipinski definition) is 0. The first-order valence-corrected chi connectivity index (χ1v) is 10.4. The van der Waals surface area contributed by atoms with Crippen LogP contribution in [0.15, 0.2) is 34.9 Å². The minimum absolute atomic E-state index is 0.0334. The number of carbonyl (C=O) groups is 1. The van der Waals surface area contributed by atoms with Gasteiger partial charge in [-0.2, -0.15) is 4.98 Å². The monoisotopic (exact) mass is 399 g/mol. The summed E-state index contributed by atoms with van der Waals surface area (Å²) in [6.45, 7) is 0.516. The van der Waals surface area contributed by atoms with Crippen LogP contribution in [-0.4, -0.2) is 22.6 Å². The summed E-state index contributed by atoms with van der Waals surface area (Å²) in [4.78, 5) is 21.3. The number of aryl methyl sites for hydroxylation is 2. The average Bonchev–Trinajstić information content (AvgIpc) is 3.39. The maximum absolute atomic E-state index is 12.5. The number of aromatic nitrogens is 2. The zero-order valence-corrected chi connectivity index (χ0v) is 16.2. The van der Waals surface area contributed by atoms with E-state index in [1.807, 2.05) is 18.2 Å². The molecule has 1 aliphatic carbocycles. The van der Waals surface area contributed by atoms with Gasteiger partial charge in [0.1, 0.15) is 0 Å². The van der Waals surface area contributed by atoms with E-state index in [0.717, 1.165) is 23.4 Å². The molecule has 3 heterocycles. The number of nitrogens with zero attached hydrogens (tertiary/aromatic N) is 3. The first-order valence-electron chi connectivity index (χ1n) is 9.19. The maximum Gasteiger partial charge on any atom is 0.268 e. The average molecular weight is 400 g/mol. The van der Waals surface area contributed by atoms with E-state index in [2.05, 4.69) is 16.2 Å². The highest BCUT2D eigenvalue weighted by Gasteiger charge is 2.35. The van der Waals surface area contributed by atoms with Gasteiger partial charge >= 0.3 is 0 Å². The van der Waals surface area contributed by atoms with Gasteiger partial charge in [-0.1, -0.05) is 28.9 Å². The van der Waals surface area contributed by atoms with Crippen LogP contribution in [0.5, 0.6) is 0 Å². The maximum atomic E-state index is 12.5. The predicted octanol–water partition coefficient (Wildman–Crippen LogP) is 4.85. The van der Waals surface area contributed by atoms with E-state index >= 15 is 0 Å². The van der Waals surface area contributed by atoms with E-state index in [-0.39, 0.29) is 11.8 Å². The topological polar surface area (TPSA) is 59.2 Å². The van der Waals surface area contributed by atoms with E-state index in [1.54, 1.807) is 22.3 Å². The van der Waals surface area contributed by atoms with Crippen LogP contribution in [0.4, 0.5) is 5.69 Å². The van der Waals surface area contributed by atoms with Gasteiger partial charge in [-0.05, 0) is 49.4 Å². The van der Waals surface area contributed by atoms with Gasteiger partial charge in [0.25, 0.3) is 5.89 Å². The summed E-state index contributed by atoms with van der Waals surface area (Å²) >= 11 is 8.01. The highest BCUT2D eigenvalue weighted by atomic mass is 35.5. The molecule has 5 rings (SSSR count). The van der Waals surface area contributed by atoms with Crippen molar-refractivity contribution in [2.24, 2.45) is 0 Å². The van der Waals surface area contributed by atoms with Gasteiger partial charge in [0.05, 0.1) is 15.6 Å². The molecule has 0 bridgehead atoms. The Hall–Kier alpha value is -2.18. The molecule has 3 aromatic rings. The molecular weight excluding hydrogens is 382 g/mol. The second-order valence-corrected chi connectivity index (χ2v) is 8.62. The third kappa shape index (κ3) is 3.07. The number of rotatable bonds is 3. The van der Waals surface area contributed by atoms with Crippen LogP contribution in [0.1, 0.15) is 41.4 Å². The molecule has 0 spiro atoms. The molecule has 5 nitrogen and oxygen atoms in total.